The Morgan fingerprint density at radius 1 is 1.20 bits per heavy atom. The molecule has 0 amide bonds. The van der Waals surface area contributed by atoms with Gasteiger partial charge >= 0.3 is 0 Å². The summed E-state index contributed by atoms with van der Waals surface area (Å²) in [7, 11) is 4.69. The van der Waals surface area contributed by atoms with Gasteiger partial charge in [-0.2, -0.15) is 0 Å². The molecule has 1 rings (SSSR count). The van der Waals surface area contributed by atoms with E-state index in [-0.39, 0.29) is 6.61 Å². The molecule has 4 nitrogen and oxygen atoms in total. The first-order chi connectivity index (χ1) is 7.26. The van der Waals surface area contributed by atoms with E-state index in [0.717, 1.165) is 11.1 Å². The minimum atomic E-state index is -0.460. The smallest absolute Gasteiger partial charge is 0.183 e. The second-order valence-corrected chi connectivity index (χ2v) is 3.03. The van der Waals surface area contributed by atoms with Crippen LogP contribution in [0.3, 0.4) is 0 Å². The van der Waals surface area contributed by atoms with E-state index in [9.17, 15) is 5.11 Å². The molecule has 1 aromatic rings. The van der Waals surface area contributed by atoms with E-state index >= 15 is 0 Å². The van der Waals surface area contributed by atoms with Crippen LogP contribution in [0, 0.1) is 0 Å². The zero-order valence-electron chi connectivity index (χ0n) is 9.19. The summed E-state index contributed by atoms with van der Waals surface area (Å²) < 4.78 is 15.3. The van der Waals surface area contributed by atoms with Gasteiger partial charge in [0.1, 0.15) is 5.75 Å². The number of aliphatic hydroxyl groups is 1. The SMILES string of the molecule is COc1ccc(C(OC)OC)c(CO)c1. The van der Waals surface area contributed by atoms with Crippen LogP contribution in [0.2, 0.25) is 0 Å². The minimum Gasteiger partial charge on any atom is -0.497 e. The Morgan fingerprint density at radius 2 is 1.87 bits per heavy atom. The van der Waals surface area contributed by atoms with E-state index in [4.69, 9.17) is 14.2 Å². The van der Waals surface area contributed by atoms with Crippen LogP contribution in [-0.4, -0.2) is 26.4 Å². The van der Waals surface area contributed by atoms with Gasteiger partial charge in [-0.15, -0.1) is 0 Å². The van der Waals surface area contributed by atoms with Crippen molar-refractivity contribution < 1.29 is 19.3 Å². The number of hydrogen-bond acceptors (Lipinski definition) is 4. The molecule has 0 saturated heterocycles. The van der Waals surface area contributed by atoms with Crippen molar-refractivity contribution >= 4 is 0 Å². The van der Waals surface area contributed by atoms with Crippen LogP contribution in [0.4, 0.5) is 0 Å². The number of rotatable bonds is 5. The molecule has 0 heterocycles. The summed E-state index contributed by atoms with van der Waals surface area (Å²) in [6.07, 6.45) is -0.460. The maximum atomic E-state index is 9.21. The summed E-state index contributed by atoms with van der Waals surface area (Å²) in [6.45, 7) is -0.0737. The number of benzene rings is 1. The van der Waals surface area contributed by atoms with Gasteiger partial charge in [0.05, 0.1) is 13.7 Å². The third kappa shape index (κ3) is 2.68. The molecule has 0 bridgehead atoms. The lowest BCUT2D eigenvalue weighted by Crippen LogP contribution is -2.07. The monoisotopic (exact) mass is 212 g/mol. The highest BCUT2D eigenvalue weighted by molar-refractivity contribution is 5.36. The molecule has 0 spiro atoms. The molecule has 0 fully saturated rings. The lowest BCUT2D eigenvalue weighted by atomic mass is 10.1. The van der Waals surface area contributed by atoms with Gasteiger partial charge in [-0.3, -0.25) is 0 Å². The highest BCUT2D eigenvalue weighted by Crippen LogP contribution is 2.25. The van der Waals surface area contributed by atoms with Crippen molar-refractivity contribution in [3.63, 3.8) is 0 Å². The normalized spacial score (nSPS) is 10.7. The highest BCUT2D eigenvalue weighted by atomic mass is 16.7. The van der Waals surface area contributed by atoms with Crippen molar-refractivity contribution in [2.45, 2.75) is 12.9 Å². The van der Waals surface area contributed by atoms with Gasteiger partial charge in [-0.25, -0.2) is 0 Å². The summed E-state index contributed by atoms with van der Waals surface area (Å²) in [6, 6.07) is 5.39. The predicted molar refractivity (Wildman–Crippen MR) is 55.7 cm³/mol. The summed E-state index contributed by atoms with van der Waals surface area (Å²) in [5, 5.41) is 9.21. The molecule has 4 heteroatoms. The Hall–Kier alpha value is -1.10. The molecule has 0 saturated carbocycles. The molecule has 1 aromatic carbocycles. The van der Waals surface area contributed by atoms with Crippen molar-refractivity contribution in [2.24, 2.45) is 0 Å². The topological polar surface area (TPSA) is 47.9 Å². The molecule has 0 unspecified atom stereocenters. The fraction of sp³-hybridized carbons (Fsp3) is 0.455. The Morgan fingerprint density at radius 3 is 2.33 bits per heavy atom. The summed E-state index contributed by atoms with van der Waals surface area (Å²) in [5.41, 5.74) is 1.55. The van der Waals surface area contributed by atoms with Gasteiger partial charge in [0.2, 0.25) is 0 Å². The van der Waals surface area contributed by atoms with E-state index in [0.29, 0.717) is 5.75 Å². The standard InChI is InChI=1S/C11H16O4/c1-13-9-4-5-10(8(6-9)7-12)11(14-2)15-3/h4-6,11-12H,7H2,1-3H3. The Labute approximate surface area is 89.4 Å². The molecule has 0 aliphatic rings. The van der Waals surface area contributed by atoms with E-state index < -0.39 is 6.29 Å². The van der Waals surface area contributed by atoms with Crippen LogP contribution < -0.4 is 4.74 Å². The molecule has 0 aromatic heterocycles. The maximum Gasteiger partial charge on any atom is 0.183 e. The van der Waals surface area contributed by atoms with Crippen LogP contribution in [0.5, 0.6) is 5.75 Å². The summed E-state index contributed by atoms with van der Waals surface area (Å²) >= 11 is 0. The Balaban J connectivity index is 3.06. The zero-order valence-corrected chi connectivity index (χ0v) is 9.19. The molecular weight excluding hydrogens is 196 g/mol. The average molecular weight is 212 g/mol. The third-order valence-corrected chi connectivity index (χ3v) is 2.20. The largest absolute Gasteiger partial charge is 0.497 e. The second-order valence-electron chi connectivity index (χ2n) is 3.03. The van der Waals surface area contributed by atoms with Crippen molar-refractivity contribution in [3.05, 3.63) is 29.3 Å². The van der Waals surface area contributed by atoms with Crippen LogP contribution in [0.15, 0.2) is 18.2 Å². The molecular formula is C11H16O4. The van der Waals surface area contributed by atoms with Crippen molar-refractivity contribution in [1.29, 1.82) is 0 Å². The first-order valence-electron chi connectivity index (χ1n) is 4.60. The molecule has 0 aliphatic carbocycles. The lowest BCUT2D eigenvalue weighted by molar-refractivity contribution is -0.106. The summed E-state index contributed by atoms with van der Waals surface area (Å²) in [4.78, 5) is 0. The molecule has 0 radical (unpaired) electrons. The van der Waals surface area contributed by atoms with Gasteiger partial charge in [0.15, 0.2) is 6.29 Å². The predicted octanol–water partition coefficient (Wildman–Crippen LogP) is 1.48. The number of methoxy groups -OCH3 is 3. The van der Waals surface area contributed by atoms with Crippen molar-refractivity contribution in [3.8, 4) is 5.75 Å². The van der Waals surface area contributed by atoms with Crippen LogP contribution in [0.1, 0.15) is 17.4 Å². The Bertz CT molecular complexity index is 307. The van der Waals surface area contributed by atoms with E-state index in [1.165, 1.54) is 0 Å². The van der Waals surface area contributed by atoms with E-state index in [2.05, 4.69) is 0 Å². The fourth-order valence-corrected chi connectivity index (χ4v) is 1.43. The van der Waals surface area contributed by atoms with Crippen molar-refractivity contribution in [2.75, 3.05) is 21.3 Å². The third-order valence-electron chi connectivity index (χ3n) is 2.20. The van der Waals surface area contributed by atoms with Crippen molar-refractivity contribution in [1.82, 2.24) is 0 Å². The van der Waals surface area contributed by atoms with Gasteiger partial charge in [-0.05, 0) is 23.8 Å². The molecule has 1 N–H and O–H groups in total. The molecule has 0 atom stereocenters. The van der Waals surface area contributed by atoms with Gasteiger partial charge in [-0.1, -0.05) is 0 Å². The highest BCUT2D eigenvalue weighted by Gasteiger charge is 2.13. The first-order valence-corrected chi connectivity index (χ1v) is 4.60. The number of hydrogen-bond donors (Lipinski definition) is 1. The maximum absolute atomic E-state index is 9.21. The van der Waals surface area contributed by atoms with Gasteiger partial charge in [0, 0.05) is 19.8 Å². The molecule has 15 heavy (non-hydrogen) atoms. The average Bonchev–Trinajstić information content (AvgIpc) is 2.31. The summed E-state index contributed by atoms with van der Waals surface area (Å²) in [5.74, 6) is 0.703. The quantitative estimate of drug-likeness (QED) is 0.751. The molecule has 84 valence electrons. The first kappa shape index (κ1) is 12.0. The Kier molecular flexibility index (Phi) is 4.55. The zero-order chi connectivity index (χ0) is 11.3. The molecule has 0 aliphatic heterocycles. The number of ether oxygens (including phenoxy) is 3. The minimum absolute atomic E-state index is 0.0737. The fourth-order valence-electron chi connectivity index (χ4n) is 1.43. The number of aliphatic hydroxyl groups excluding tert-OH is 1. The van der Waals surface area contributed by atoms with Crippen LogP contribution in [-0.2, 0) is 16.1 Å². The van der Waals surface area contributed by atoms with E-state index in [1.54, 1.807) is 33.5 Å². The van der Waals surface area contributed by atoms with Crippen LogP contribution in [0.25, 0.3) is 0 Å². The van der Waals surface area contributed by atoms with Gasteiger partial charge in [0.25, 0.3) is 0 Å². The van der Waals surface area contributed by atoms with E-state index in [1.807, 2.05) is 6.07 Å². The second kappa shape index (κ2) is 5.70. The van der Waals surface area contributed by atoms with Gasteiger partial charge < -0.3 is 19.3 Å². The van der Waals surface area contributed by atoms with Crippen LogP contribution >= 0.6 is 0 Å². The lowest BCUT2D eigenvalue weighted by Gasteiger charge is -2.17.